The summed E-state index contributed by atoms with van der Waals surface area (Å²) < 4.78 is 1.62. The molecular weight excluding hydrogens is 382 g/mol. The first-order valence-corrected chi connectivity index (χ1v) is 11.0. The van der Waals surface area contributed by atoms with Gasteiger partial charge in [-0.05, 0) is 24.5 Å². The van der Waals surface area contributed by atoms with E-state index in [-0.39, 0.29) is 5.56 Å². The van der Waals surface area contributed by atoms with E-state index in [1.54, 1.807) is 16.8 Å². The minimum Gasteiger partial charge on any atom is -0.383 e. The maximum absolute atomic E-state index is 12.7. The molecule has 1 aliphatic heterocycles. The lowest BCUT2D eigenvalue weighted by Gasteiger charge is -2.20. The minimum atomic E-state index is -0.324. The number of hydrogen-bond donors (Lipinski definition) is 1. The van der Waals surface area contributed by atoms with Crippen molar-refractivity contribution in [3.05, 3.63) is 50.8 Å². The number of benzene rings is 1. The molecule has 5 rings (SSSR count). The zero-order valence-corrected chi connectivity index (χ0v) is 17.0. The fraction of sp³-hybridized carbons (Fsp3) is 0.364. The van der Waals surface area contributed by atoms with Gasteiger partial charge in [-0.25, -0.2) is 0 Å². The highest BCUT2D eigenvalue weighted by atomic mass is 32.1. The SMILES string of the molecule is Nc1c(/C=C2/C=Nc3ccccc32)c(=O)nc2sc(CCC3CCCCC3)nn12. The normalized spacial score (nSPS) is 18.0. The molecule has 2 aromatic heterocycles. The molecule has 0 radical (unpaired) electrons. The predicted octanol–water partition coefficient (Wildman–Crippen LogP) is 4.50. The standard InChI is InChI=1S/C22H23N5OS/c23-20-17(12-15-13-24-18-9-5-4-8-16(15)18)21(28)25-22-27(20)26-19(29-22)11-10-14-6-2-1-3-7-14/h4-5,8-9,12-14H,1-3,6-7,10-11,23H2/b15-12-. The van der Waals surface area contributed by atoms with Crippen LogP contribution in [0.25, 0.3) is 16.6 Å². The number of hydrogen-bond acceptors (Lipinski definition) is 6. The van der Waals surface area contributed by atoms with E-state index in [4.69, 9.17) is 5.73 Å². The Morgan fingerprint density at radius 2 is 2.03 bits per heavy atom. The molecule has 7 heteroatoms. The van der Waals surface area contributed by atoms with Crippen molar-refractivity contribution in [1.82, 2.24) is 14.6 Å². The van der Waals surface area contributed by atoms with Crippen LogP contribution in [0, 0.1) is 5.92 Å². The number of aromatic nitrogens is 3. The average molecular weight is 406 g/mol. The van der Waals surface area contributed by atoms with E-state index in [0.29, 0.717) is 16.3 Å². The molecule has 0 unspecified atom stereocenters. The van der Waals surface area contributed by atoms with Crippen LogP contribution in [0.1, 0.15) is 54.7 Å². The van der Waals surface area contributed by atoms with Crippen molar-refractivity contribution in [2.24, 2.45) is 10.9 Å². The summed E-state index contributed by atoms with van der Waals surface area (Å²) in [5, 5.41) is 5.66. The van der Waals surface area contributed by atoms with E-state index >= 15 is 0 Å². The van der Waals surface area contributed by atoms with Gasteiger partial charge in [-0.3, -0.25) is 9.79 Å². The third-order valence-electron chi connectivity index (χ3n) is 5.88. The molecule has 2 aliphatic rings. The highest BCUT2D eigenvalue weighted by molar-refractivity contribution is 7.16. The first-order chi connectivity index (χ1) is 14.2. The van der Waals surface area contributed by atoms with Crippen LogP contribution >= 0.6 is 11.3 Å². The van der Waals surface area contributed by atoms with Crippen molar-refractivity contribution in [3.63, 3.8) is 0 Å². The summed E-state index contributed by atoms with van der Waals surface area (Å²) in [5.74, 6) is 1.13. The Balaban J connectivity index is 1.46. The molecule has 3 aromatic rings. The Labute approximate surface area is 172 Å². The van der Waals surface area contributed by atoms with E-state index in [0.717, 1.165) is 40.6 Å². The van der Waals surface area contributed by atoms with Gasteiger partial charge in [-0.2, -0.15) is 14.6 Å². The van der Waals surface area contributed by atoms with Crippen LogP contribution in [0.2, 0.25) is 0 Å². The molecule has 3 heterocycles. The molecule has 1 aliphatic carbocycles. The number of fused-ring (bicyclic) bond motifs is 2. The smallest absolute Gasteiger partial charge is 0.283 e. The van der Waals surface area contributed by atoms with Crippen molar-refractivity contribution in [2.75, 3.05) is 5.73 Å². The summed E-state index contributed by atoms with van der Waals surface area (Å²) >= 11 is 1.47. The first-order valence-electron chi connectivity index (χ1n) is 10.2. The Morgan fingerprint density at radius 1 is 1.21 bits per heavy atom. The van der Waals surface area contributed by atoms with E-state index in [9.17, 15) is 4.79 Å². The third-order valence-corrected chi connectivity index (χ3v) is 6.85. The predicted molar refractivity (Wildman–Crippen MR) is 119 cm³/mol. The fourth-order valence-electron chi connectivity index (χ4n) is 4.27. The first kappa shape index (κ1) is 18.2. The van der Waals surface area contributed by atoms with Crippen molar-refractivity contribution in [1.29, 1.82) is 0 Å². The number of rotatable bonds is 4. The summed E-state index contributed by atoms with van der Waals surface area (Å²) in [7, 11) is 0. The van der Waals surface area contributed by atoms with Crippen LogP contribution in [-0.2, 0) is 6.42 Å². The molecule has 1 fully saturated rings. The van der Waals surface area contributed by atoms with Crippen molar-refractivity contribution in [3.8, 4) is 0 Å². The molecule has 1 aromatic carbocycles. The van der Waals surface area contributed by atoms with Gasteiger partial charge in [0.2, 0.25) is 4.96 Å². The summed E-state index contributed by atoms with van der Waals surface area (Å²) in [5.41, 5.74) is 9.13. The summed E-state index contributed by atoms with van der Waals surface area (Å²) in [6.45, 7) is 0. The van der Waals surface area contributed by atoms with Crippen molar-refractivity contribution in [2.45, 2.75) is 44.9 Å². The lowest BCUT2D eigenvalue weighted by molar-refractivity contribution is 0.339. The molecular formula is C22H23N5OS. The average Bonchev–Trinajstić information content (AvgIpc) is 3.34. The van der Waals surface area contributed by atoms with Crippen molar-refractivity contribution < 1.29 is 0 Å². The number of allylic oxidation sites excluding steroid dienone is 1. The topological polar surface area (TPSA) is 85.6 Å². The second kappa shape index (κ2) is 7.55. The van der Waals surface area contributed by atoms with E-state index < -0.39 is 0 Å². The molecule has 0 bridgehead atoms. The van der Waals surface area contributed by atoms with E-state index in [1.807, 2.05) is 24.3 Å². The van der Waals surface area contributed by atoms with Gasteiger partial charge in [0.15, 0.2) is 0 Å². The number of para-hydroxylation sites is 1. The van der Waals surface area contributed by atoms with Gasteiger partial charge in [0.25, 0.3) is 5.56 Å². The van der Waals surface area contributed by atoms with Gasteiger partial charge >= 0.3 is 0 Å². The van der Waals surface area contributed by atoms with Gasteiger partial charge in [0.05, 0.1) is 11.3 Å². The lowest BCUT2D eigenvalue weighted by Crippen LogP contribution is -2.16. The molecule has 6 nitrogen and oxygen atoms in total. The van der Waals surface area contributed by atoms with Gasteiger partial charge in [-0.1, -0.05) is 61.6 Å². The summed E-state index contributed by atoms with van der Waals surface area (Å²) in [6, 6.07) is 7.83. The zero-order chi connectivity index (χ0) is 19.8. The van der Waals surface area contributed by atoms with Crippen LogP contribution < -0.4 is 11.3 Å². The minimum absolute atomic E-state index is 0.324. The molecule has 0 spiro atoms. The number of nitrogens with zero attached hydrogens (tertiary/aromatic N) is 4. The quantitative estimate of drug-likeness (QED) is 0.692. The van der Waals surface area contributed by atoms with E-state index in [1.165, 1.54) is 43.4 Å². The summed E-state index contributed by atoms with van der Waals surface area (Å²) in [6.07, 6.45) is 12.3. The molecule has 29 heavy (non-hydrogen) atoms. The maximum Gasteiger partial charge on any atom is 0.283 e. The van der Waals surface area contributed by atoms with Crippen molar-refractivity contribution >= 4 is 45.7 Å². The van der Waals surface area contributed by atoms with Crippen LogP contribution in [0.5, 0.6) is 0 Å². The Kier molecular flexibility index (Phi) is 4.75. The van der Waals surface area contributed by atoms with Gasteiger partial charge < -0.3 is 5.73 Å². The van der Waals surface area contributed by atoms with Gasteiger partial charge in [-0.15, -0.1) is 0 Å². The zero-order valence-electron chi connectivity index (χ0n) is 16.2. The second-order valence-electron chi connectivity index (χ2n) is 7.82. The van der Waals surface area contributed by atoms with Gasteiger partial charge in [0.1, 0.15) is 10.8 Å². The lowest BCUT2D eigenvalue weighted by atomic mass is 9.86. The van der Waals surface area contributed by atoms with Crippen LogP contribution in [0.3, 0.4) is 0 Å². The molecule has 2 N–H and O–H groups in total. The number of nitrogens with two attached hydrogens (primary N) is 1. The highest BCUT2D eigenvalue weighted by Gasteiger charge is 2.18. The number of anilines is 1. The van der Waals surface area contributed by atoms with E-state index in [2.05, 4.69) is 15.1 Å². The Bertz CT molecular complexity index is 1180. The molecule has 0 saturated heterocycles. The van der Waals surface area contributed by atoms with Crippen LogP contribution in [0.15, 0.2) is 34.1 Å². The largest absolute Gasteiger partial charge is 0.383 e. The molecule has 0 atom stereocenters. The second-order valence-corrected chi connectivity index (χ2v) is 8.86. The molecule has 1 saturated carbocycles. The maximum atomic E-state index is 12.7. The van der Waals surface area contributed by atoms with Gasteiger partial charge in [0, 0.05) is 23.8 Å². The highest BCUT2D eigenvalue weighted by Crippen LogP contribution is 2.33. The number of nitrogen functional groups attached to an aromatic ring is 1. The summed E-state index contributed by atoms with van der Waals surface area (Å²) in [4.78, 5) is 21.9. The Hall–Kier alpha value is -2.80. The van der Waals surface area contributed by atoms with Crippen LogP contribution in [-0.4, -0.2) is 20.8 Å². The monoisotopic (exact) mass is 405 g/mol. The number of aliphatic imine (C=N–C) groups is 1. The Morgan fingerprint density at radius 3 is 2.90 bits per heavy atom. The third kappa shape index (κ3) is 3.51. The molecule has 148 valence electrons. The fourth-order valence-corrected chi connectivity index (χ4v) is 5.18. The number of aryl methyl sites for hydroxylation is 1. The van der Waals surface area contributed by atoms with Crippen LogP contribution in [0.4, 0.5) is 11.5 Å². The molecule has 0 amide bonds.